The van der Waals surface area contributed by atoms with Gasteiger partial charge in [-0.1, -0.05) is 0 Å². The molecule has 23 heavy (non-hydrogen) atoms. The highest BCUT2D eigenvalue weighted by Crippen LogP contribution is 2.59. The van der Waals surface area contributed by atoms with Gasteiger partial charge in [-0.15, -0.1) is 0 Å². The number of hydrogen-bond donors (Lipinski definition) is 1. The Morgan fingerprint density at radius 3 is 2.35 bits per heavy atom. The number of carboxylic acids is 1. The van der Waals surface area contributed by atoms with E-state index >= 15 is 0 Å². The number of ether oxygens (including phenoxy) is 2. The first-order valence-electron chi connectivity index (χ1n) is 7.75. The van der Waals surface area contributed by atoms with E-state index < -0.39 is 5.97 Å². The fraction of sp³-hybridized carbons (Fsp3) is 0.529. The van der Waals surface area contributed by atoms with Gasteiger partial charge in [-0.05, 0) is 42.9 Å². The summed E-state index contributed by atoms with van der Waals surface area (Å²) in [7, 11) is 3.09. The van der Waals surface area contributed by atoms with Gasteiger partial charge in [-0.3, -0.25) is 9.59 Å². The molecule has 1 aliphatic carbocycles. The van der Waals surface area contributed by atoms with Crippen LogP contribution in [0.25, 0.3) is 0 Å². The van der Waals surface area contributed by atoms with Crippen LogP contribution in [0.3, 0.4) is 0 Å². The van der Waals surface area contributed by atoms with Gasteiger partial charge < -0.3 is 19.5 Å². The number of amides is 1. The molecule has 1 heterocycles. The standard InChI is InChI=1S/C17H21NO5/c1-22-13-4-3-11(9-14(13)23-2)15(19)18-7-5-17(6-8-18)10-12(17)16(20)21/h3-4,9,12H,5-8,10H2,1-2H3,(H,20,21). The average molecular weight is 319 g/mol. The van der Waals surface area contributed by atoms with Crippen molar-refractivity contribution in [1.29, 1.82) is 0 Å². The molecule has 0 aromatic heterocycles. The SMILES string of the molecule is COc1ccc(C(=O)N2CCC3(CC2)CC3C(=O)O)cc1OC. The van der Waals surface area contributed by atoms with Crippen molar-refractivity contribution >= 4 is 11.9 Å². The molecule has 124 valence electrons. The van der Waals surface area contributed by atoms with Crippen LogP contribution in [0.1, 0.15) is 29.6 Å². The maximum absolute atomic E-state index is 12.6. The lowest BCUT2D eigenvalue weighted by Gasteiger charge is -2.32. The Morgan fingerprint density at radius 2 is 1.83 bits per heavy atom. The highest BCUT2D eigenvalue weighted by atomic mass is 16.5. The van der Waals surface area contributed by atoms with Crippen LogP contribution in [0.5, 0.6) is 11.5 Å². The molecule has 1 saturated carbocycles. The van der Waals surface area contributed by atoms with Gasteiger partial charge in [0.05, 0.1) is 20.1 Å². The maximum atomic E-state index is 12.6. The van der Waals surface area contributed by atoms with Crippen molar-refractivity contribution in [2.24, 2.45) is 11.3 Å². The lowest BCUT2D eigenvalue weighted by Crippen LogP contribution is -2.40. The average Bonchev–Trinajstić information content (AvgIpc) is 3.28. The minimum atomic E-state index is -0.704. The summed E-state index contributed by atoms with van der Waals surface area (Å²) in [6.07, 6.45) is 2.28. The van der Waals surface area contributed by atoms with Crippen molar-refractivity contribution < 1.29 is 24.2 Å². The third-order valence-corrected chi connectivity index (χ3v) is 5.16. The van der Waals surface area contributed by atoms with Crippen molar-refractivity contribution in [2.75, 3.05) is 27.3 Å². The Bertz CT molecular complexity index is 634. The molecule has 0 radical (unpaired) electrons. The Balaban J connectivity index is 1.67. The molecule has 1 N–H and O–H groups in total. The zero-order chi connectivity index (χ0) is 16.6. The Hall–Kier alpha value is -2.24. The molecular weight excluding hydrogens is 298 g/mol. The predicted octanol–water partition coefficient (Wildman–Crippen LogP) is 2.03. The number of piperidine rings is 1. The van der Waals surface area contributed by atoms with E-state index in [2.05, 4.69) is 0 Å². The van der Waals surface area contributed by atoms with Gasteiger partial charge in [0, 0.05) is 18.7 Å². The Labute approximate surface area is 135 Å². The van der Waals surface area contributed by atoms with E-state index in [0.29, 0.717) is 30.2 Å². The number of aliphatic carboxylic acids is 1. The summed E-state index contributed by atoms with van der Waals surface area (Å²) in [4.78, 5) is 25.5. The number of benzene rings is 1. The number of methoxy groups -OCH3 is 2. The van der Waals surface area contributed by atoms with Crippen molar-refractivity contribution in [1.82, 2.24) is 4.90 Å². The Morgan fingerprint density at radius 1 is 1.17 bits per heavy atom. The van der Waals surface area contributed by atoms with E-state index in [1.807, 2.05) is 0 Å². The third-order valence-electron chi connectivity index (χ3n) is 5.16. The van der Waals surface area contributed by atoms with Gasteiger partial charge in [0.2, 0.25) is 0 Å². The van der Waals surface area contributed by atoms with Gasteiger partial charge in [-0.2, -0.15) is 0 Å². The molecule has 1 aliphatic heterocycles. The second-order valence-electron chi connectivity index (χ2n) is 6.32. The second-order valence-corrected chi connectivity index (χ2v) is 6.32. The smallest absolute Gasteiger partial charge is 0.307 e. The van der Waals surface area contributed by atoms with Crippen LogP contribution in [0.2, 0.25) is 0 Å². The maximum Gasteiger partial charge on any atom is 0.307 e. The minimum absolute atomic E-state index is 0.0478. The van der Waals surface area contributed by atoms with Gasteiger partial charge in [-0.25, -0.2) is 0 Å². The van der Waals surface area contributed by atoms with E-state index in [4.69, 9.17) is 14.6 Å². The molecule has 2 fully saturated rings. The number of carbonyl (C=O) groups is 2. The molecule has 1 unspecified atom stereocenters. The minimum Gasteiger partial charge on any atom is -0.493 e. The zero-order valence-electron chi connectivity index (χ0n) is 13.4. The van der Waals surface area contributed by atoms with Crippen LogP contribution >= 0.6 is 0 Å². The third kappa shape index (κ3) is 2.73. The lowest BCUT2D eigenvalue weighted by molar-refractivity contribution is -0.139. The van der Waals surface area contributed by atoms with Crippen molar-refractivity contribution in [2.45, 2.75) is 19.3 Å². The molecule has 1 saturated heterocycles. The number of carboxylic acid groups (broad SMARTS) is 1. The van der Waals surface area contributed by atoms with Gasteiger partial charge in [0.15, 0.2) is 11.5 Å². The summed E-state index contributed by atoms with van der Waals surface area (Å²) in [6.45, 7) is 1.22. The number of rotatable bonds is 4. The summed E-state index contributed by atoms with van der Waals surface area (Å²) in [5.41, 5.74) is 0.490. The van der Waals surface area contributed by atoms with E-state index in [1.165, 1.54) is 7.11 Å². The van der Waals surface area contributed by atoms with Crippen LogP contribution in [0.4, 0.5) is 0 Å². The summed E-state index contributed by atoms with van der Waals surface area (Å²) in [5, 5.41) is 9.12. The van der Waals surface area contributed by atoms with Gasteiger partial charge in [0.1, 0.15) is 0 Å². The first kappa shape index (κ1) is 15.6. The van der Waals surface area contributed by atoms with E-state index in [9.17, 15) is 9.59 Å². The normalized spacial score (nSPS) is 21.8. The van der Waals surface area contributed by atoms with E-state index in [1.54, 1.807) is 30.2 Å². The molecule has 1 amide bonds. The van der Waals surface area contributed by atoms with E-state index in [0.717, 1.165) is 19.3 Å². The van der Waals surface area contributed by atoms with E-state index in [-0.39, 0.29) is 17.2 Å². The lowest BCUT2D eigenvalue weighted by atomic mass is 9.90. The van der Waals surface area contributed by atoms with Gasteiger partial charge in [0.25, 0.3) is 5.91 Å². The number of carbonyl (C=O) groups excluding carboxylic acids is 1. The topological polar surface area (TPSA) is 76.1 Å². The van der Waals surface area contributed by atoms with Crippen LogP contribution in [-0.2, 0) is 4.79 Å². The quantitative estimate of drug-likeness (QED) is 0.919. The zero-order valence-corrected chi connectivity index (χ0v) is 13.4. The fourth-order valence-corrected chi connectivity index (χ4v) is 3.56. The largest absolute Gasteiger partial charge is 0.493 e. The van der Waals surface area contributed by atoms with Crippen LogP contribution < -0.4 is 9.47 Å². The molecule has 0 bridgehead atoms. The summed E-state index contributed by atoms with van der Waals surface area (Å²) < 4.78 is 10.4. The molecule has 1 aromatic rings. The summed E-state index contributed by atoms with van der Waals surface area (Å²) in [5.74, 6) is 0.141. The highest BCUT2D eigenvalue weighted by molar-refractivity contribution is 5.95. The second kappa shape index (κ2) is 5.76. The molecule has 1 spiro atoms. The first-order valence-corrected chi connectivity index (χ1v) is 7.75. The molecule has 6 heteroatoms. The van der Waals surface area contributed by atoms with Crippen LogP contribution in [0.15, 0.2) is 18.2 Å². The molecule has 1 atom stereocenters. The molecular formula is C17H21NO5. The van der Waals surface area contributed by atoms with Gasteiger partial charge >= 0.3 is 5.97 Å². The monoisotopic (exact) mass is 319 g/mol. The van der Waals surface area contributed by atoms with Crippen molar-refractivity contribution in [3.05, 3.63) is 23.8 Å². The predicted molar refractivity (Wildman–Crippen MR) is 82.9 cm³/mol. The summed E-state index contributed by atoms with van der Waals surface area (Å²) >= 11 is 0. The number of nitrogens with zero attached hydrogens (tertiary/aromatic N) is 1. The van der Waals surface area contributed by atoms with Crippen LogP contribution in [0, 0.1) is 11.3 Å². The number of likely N-dealkylation sites (tertiary alicyclic amines) is 1. The first-order chi connectivity index (χ1) is 11.0. The highest BCUT2D eigenvalue weighted by Gasteiger charge is 2.59. The van der Waals surface area contributed by atoms with Crippen LogP contribution in [-0.4, -0.2) is 49.2 Å². The number of hydrogen-bond acceptors (Lipinski definition) is 4. The molecule has 1 aromatic carbocycles. The molecule has 6 nitrogen and oxygen atoms in total. The molecule has 2 aliphatic rings. The Kier molecular flexibility index (Phi) is 3.92. The summed E-state index contributed by atoms with van der Waals surface area (Å²) in [6, 6.07) is 5.13. The van der Waals surface area contributed by atoms with Crippen molar-refractivity contribution in [3.63, 3.8) is 0 Å². The van der Waals surface area contributed by atoms with Crippen molar-refractivity contribution in [3.8, 4) is 11.5 Å². The molecule has 3 rings (SSSR count). The fourth-order valence-electron chi connectivity index (χ4n) is 3.56.